The highest BCUT2D eigenvalue weighted by Crippen LogP contribution is 2.38. The van der Waals surface area contributed by atoms with Crippen LogP contribution in [0, 0.1) is 0 Å². The molecular formula is C19H22N2O7S. The first kappa shape index (κ1) is 22.2. The summed E-state index contributed by atoms with van der Waals surface area (Å²) in [5.74, 6) is 0.512. The van der Waals surface area contributed by atoms with Crippen LogP contribution in [0.4, 0.5) is 0 Å². The Morgan fingerprint density at radius 1 is 1.07 bits per heavy atom. The monoisotopic (exact) mass is 422 g/mol. The van der Waals surface area contributed by atoms with Crippen molar-refractivity contribution in [2.75, 3.05) is 21.3 Å². The molecule has 0 saturated heterocycles. The summed E-state index contributed by atoms with van der Waals surface area (Å²) in [7, 11) is 0.601. The molecule has 0 spiro atoms. The fraction of sp³-hybridized carbons (Fsp3) is 0.211. The number of amides is 1. The van der Waals surface area contributed by atoms with Gasteiger partial charge in [0.05, 0.1) is 26.2 Å². The Labute approximate surface area is 168 Å². The van der Waals surface area contributed by atoms with E-state index in [0.717, 1.165) is 6.08 Å². The van der Waals surface area contributed by atoms with E-state index in [2.05, 4.69) is 4.72 Å². The number of benzene rings is 2. The van der Waals surface area contributed by atoms with E-state index in [9.17, 15) is 13.2 Å². The van der Waals surface area contributed by atoms with E-state index < -0.39 is 15.9 Å². The van der Waals surface area contributed by atoms with Crippen molar-refractivity contribution in [1.29, 1.82) is 0 Å². The number of sulfonamides is 1. The van der Waals surface area contributed by atoms with E-state index in [1.165, 1.54) is 45.0 Å². The number of methoxy groups -OCH3 is 3. The molecule has 2 rings (SSSR count). The SMILES string of the molecule is COc1cc(CNS(=O)(=O)c2cccc(/C=C/C(=O)NO)c2)cc(OC)c1OC. The zero-order valence-electron chi connectivity index (χ0n) is 16.1. The molecule has 2 aromatic carbocycles. The van der Waals surface area contributed by atoms with Crippen molar-refractivity contribution in [2.24, 2.45) is 0 Å². The third-order valence-electron chi connectivity index (χ3n) is 3.90. The fourth-order valence-electron chi connectivity index (χ4n) is 2.49. The normalized spacial score (nSPS) is 11.3. The fourth-order valence-corrected chi connectivity index (χ4v) is 3.57. The van der Waals surface area contributed by atoms with Gasteiger partial charge in [0.1, 0.15) is 0 Å². The lowest BCUT2D eigenvalue weighted by Crippen LogP contribution is -2.23. The highest BCUT2D eigenvalue weighted by atomic mass is 32.2. The number of hydroxylamine groups is 1. The van der Waals surface area contributed by atoms with Crippen LogP contribution in [0.3, 0.4) is 0 Å². The second-order valence-electron chi connectivity index (χ2n) is 5.74. The molecular weight excluding hydrogens is 400 g/mol. The summed E-state index contributed by atoms with van der Waals surface area (Å²) in [5, 5.41) is 8.50. The summed E-state index contributed by atoms with van der Waals surface area (Å²) in [6, 6.07) is 9.30. The Kier molecular flexibility index (Phi) is 7.59. The van der Waals surface area contributed by atoms with Crippen LogP contribution >= 0.6 is 0 Å². The maximum Gasteiger partial charge on any atom is 0.267 e. The van der Waals surface area contributed by atoms with Gasteiger partial charge in [0.2, 0.25) is 15.8 Å². The molecule has 0 aliphatic rings. The average molecular weight is 422 g/mol. The van der Waals surface area contributed by atoms with Crippen LogP contribution in [0.1, 0.15) is 11.1 Å². The van der Waals surface area contributed by atoms with Crippen molar-refractivity contribution in [3.8, 4) is 17.2 Å². The van der Waals surface area contributed by atoms with Gasteiger partial charge < -0.3 is 14.2 Å². The summed E-state index contributed by atoms with van der Waals surface area (Å²) >= 11 is 0. The Hall–Kier alpha value is -3.08. The highest BCUT2D eigenvalue weighted by Gasteiger charge is 2.17. The predicted octanol–water partition coefficient (Wildman–Crippen LogP) is 1.71. The summed E-state index contributed by atoms with van der Waals surface area (Å²) < 4.78 is 43.6. The largest absolute Gasteiger partial charge is 0.493 e. The number of carbonyl (C=O) groups excluding carboxylic acids is 1. The molecule has 0 bridgehead atoms. The number of nitrogens with one attached hydrogen (secondary N) is 2. The third-order valence-corrected chi connectivity index (χ3v) is 5.30. The van der Waals surface area contributed by atoms with Gasteiger partial charge in [-0.1, -0.05) is 12.1 Å². The Morgan fingerprint density at radius 2 is 1.72 bits per heavy atom. The summed E-state index contributed by atoms with van der Waals surface area (Å²) in [6.45, 7) is -0.00790. The summed E-state index contributed by atoms with van der Waals surface area (Å²) in [5.41, 5.74) is 2.55. The molecule has 0 atom stereocenters. The first-order valence-corrected chi connectivity index (χ1v) is 9.83. The lowest BCUT2D eigenvalue weighted by Gasteiger charge is -2.14. The van der Waals surface area contributed by atoms with Gasteiger partial charge >= 0.3 is 0 Å². The first-order chi connectivity index (χ1) is 13.8. The maximum absolute atomic E-state index is 12.6. The van der Waals surface area contributed by atoms with Crippen molar-refractivity contribution in [2.45, 2.75) is 11.4 Å². The smallest absolute Gasteiger partial charge is 0.267 e. The van der Waals surface area contributed by atoms with Crippen LogP contribution in [0.15, 0.2) is 47.4 Å². The van der Waals surface area contributed by atoms with E-state index in [-0.39, 0.29) is 11.4 Å². The van der Waals surface area contributed by atoms with Gasteiger partial charge in [-0.25, -0.2) is 18.6 Å². The molecule has 0 aliphatic carbocycles. The molecule has 1 amide bonds. The Balaban J connectivity index is 2.22. The molecule has 0 fully saturated rings. The molecule has 0 saturated carbocycles. The van der Waals surface area contributed by atoms with Gasteiger partial charge in [0.15, 0.2) is 11.5 Å². The number of rotatable bonds is 9. The molecule has 0 aromatic heterocycles. The molecule has 3 N–H and O–H groups in total. The molecule has 29 heavy (non-hydrogen) atoms. The zero-order valence-corrected chi connectivity index (χ0v) is 16.9. The minimum Gasteiger partial charge on any atom is -0.493 e. The van der Waals surface area contributed by atoms with Gasteiger partial charge in [-0.3, -0.25) is 10.0 Å². The van der Waals surface area contributed by atoms with Gasteiger partial charge in [0, 0.05) is 12.6 Å². The molecule has 0 aliphatic heterocycles. The van der Waals surface area contributed by atoms with E-state index in [1.54, 1.807) is 24.3 Å². The standard InChI is InChI=1S/C19H22N2O7S/c1-26-16-10-14(11-17(27-2)19(16)28-3)12-20-29(24,25)15-6-4-5-13(9-15)7-8-18(22)21-23/h4-11,20,23H,12H2,1-3H3,(H,21,22)/b8-7+. The first-order valence-electron chi connectivity index (χ1n) is 8.35. The molecule has 10 heteroatoms. The molecule has 156 valence electrons. The average Bonchev–Trinajstić information content (AvgIpc) is 2.75. The van der Waals surface area contributed by atoms with Crippen LogP contribution in [-0.4, -0.2) is 40.9 Å². The second kappa shape index (κ2) is 9.92. The summed E-state index contributed by atoms with van der Waals surface area (Å²) in [6.07, 6.45) is 2.46. The van der Waals surface area contributed by atoms with Crippen molar-refractivity contribution in [1.82, 2.24) is 10.2 Å². The van der Waals surface area contributed by atoms with Gasteiger partial charge in [-0.15, -0.1) is 0 Å². The summed E-state index contributed by atoms with van der Waals surface area (Å²) in [4.78, 5) is 11.1. The van der Waals surface area contributed by atoms with Crippen molar-refractivity contribution in [3.05, 3.63) is 53.6 Å². The lowest BCUT2D eigenvalue weighted by molar-refractivity contribution is -0.124. The second-order valence-corrected chi connectivity index (χ2v) is 7.51. The van der Waals surface area contributed by atoms with E-state index in [4.69, 9.17) is 19.4 Å². The third kappa shape index (κ3) is 5.70. The molecule has 0 radical (unpaired) electrons. The van der Waals surface area contributed by atoms with Crippen LogP contribution in [0.25, 0.3) is 6.08 Å². The number of hydrogen-bond acceptors (Lipinski definition) is 7. The minimum absolute atomic E-state index is 0.00790. The van der Waals surface area contributed by atoms with Crippen LogP contribution in [-0.2, 0) is 21.4 Å². The van der Waals surface area contributed by atoms with E-state index >= 15 is 0 Å². The van der Waals surface area contributed by atoms with Crippen molar-refractivity contribution < 1.29 is 32.6 Å². The minimum atomic E-state index is -3.83. The van der Waals surface area contributed by atoms with Gasteiger partial charge in [-0.2, -0.15) is 0 Å². The highest BCUT2D eigenvalue weighted by molar-refractivity contribution is 7.89. The number of ether oxygens (including phenoxy) is 3. The Morgan fingerprint density at radius 3 is 2.28 bits per heavy atom. The van der Waals surface area contributed by atoms with Crippen LogP contribution < -0.4 is 24.4 Å². The van der Waals surface area contributed by atoms with E-state index in [0.29, 0.717) is 28.4 Å². The van der Waals surface area contributed by atoms with Crippen molar-refractivity contribution in [3.63, 3.8) is 0 Å². The number of hydrogen-bond donors (Lipinski definition) is 3. The topological polar surface area (TPSA) is 123 Å². The molecule has 0 unspecified atom stereocenters. The molecule has 2 aromatic rings. The van der Waals surface area contributed by atoms with Crippen LogP contribution in [0.2, 0.25) is 0 Å². The lowest BCUT2D eigenvalue weighted by atomic mass is 10.2. The van der Waals surface area contributed by atoms with Gasteiger partial charge in [-0.05, 0) is 41.5 Å². The quantitative estimate of drug-likeness (QED) is 0.319. The number of carbonyl (C=O) groups is 1. The Bertz CT molecular complexity index is 978. The maximum atomic E-state index is 12.6. The van der Waals surface area contributed by atoms with Crippen LogP contribution in [0.5, 0.6) is 17.2 Å². The van der Waals surface area contributed by atoms with E-state index in [1.807, 2.05) is 0 Å². The van der Waals surface area contributed by atoms with Gasteiger partial charge in [0.25, 0.3) is 5.91 Å². The van der Waals surface area contributed by atoms with Crippen molar-refractivity contribution >= 4 is 22.0 Å². The zero-order chi connectivity index (χ0) is 21.4. The predicted molar refractivity (Wildman–Crippen MR) is 106 cm³/mol. The molecule has 9 nitrogen and oxygen atoms in total. The molecule has 0 heterocycles.